The predicted octanol–water partition coefficient (Wildman–Crippen LogP) is 3.43. The fourth-order valence-corrected chi connectivity index (χ4v) is 1.82. The zero-order valence-corrected chi connectivity index (χ0v) is 7.84. The lowest BCUT2D eigenvalue weighted by molar-refractivity contribution is 0.418. The average molecular weight is 163 g/mol. The van der Waals surface area contributed by atoms with Crippen LogP contribution in [-0.4, -0.2) is 0 Å². The zero-order valence-electron chi connectivity index (χ0n) is 7.84. The van der Waals surface area contributed by atoms with Crippen LogP contribution in [0.3, 0.4) is 0 Å². The molecule has 0 bridgehead atoms. The average Bonchev–Trinajstić information content (AvgIpc) is 2.16. The number of allylic oxidation sites excluding steroid dienone is 2. The van der Waals surface area contributed by atoms with E-state index in [0.717, 1.165) is 12.0 Å². The van der Waals surface area contributed by atoms with Crippen molar-refractivity contribution >= 4 is 0 Å². The maximum absolute atomic E-state index is 8.74. The molecule has 0 radical (unpaired) electrons. The van der Waals surface area contributed by atoms with Gasteiger partial charge in [-0.05, 0) is 25.2 Å². The van der Waals surface area contributed by atoms with Crippen molar-refractivity contribution in [1.82, 2.24) is 0 Å². The van der Waals surface area contributed by atoms with Gasteiger partial charge in [-0.1, -0.05) is 32.3 Å². The molecule has 0 aliphatic heterocycles. The number of hydrogen-bond acceptors (Lipinski definition) is 1. The van der Waals surface area contributed by atoms with E-state index in [4.69, 9.17) is 5.26 Å². The second-order valence-corrected chi connectivity index (χ2v) is 3.56. The third-order valence-electron chi connectivity index (χ3n) is 2.61. The minimum absolute atomic E-state index is 0.702. The first-order valence-corrected chi connectivity index (χ1v) is 4.97. The molecule has 0 N–H and O–H groups in total. The Labute approximate surface area is 75.1 Å². The van der Waals surface area contributed by atoms with E-state index in [1.807, 2.05) is 0 Å². The molecule has 0 aromatic rings. The van der Waals surface area contributed by atoms with E-state index >= 15 is 0 Å². The molecule has 1 nitrogen and oxygen atoms in total. The lowest BCUT2D eigenvalue weighted by Gasteiger charge is -2.18. The highest BCUT2D eigenvalue weighted by molar-refractivity contribution is 5.20. The van der Waals surface area contributed by atoms with Gasteiger partial charge in [0.05, 0.1) is 6.07 Å². The van der Waals surface area contributed by atoms with Crippen LogP contribution in [0.4, 0.5) is 0 Å². The molecule has 0 amide bonds. The number of nitrogens with zero attached hydrogens (tertiary/aromatic N) is 1. The molecule has 1 fully saturated rings. The number of rotatable bonds is 2. The lowest BCUT2D eigenvalue weighted by atomic mass is 9.88. The van der Waals surface area contributed by atoms with E-state index in [9.17, 15) is 0 Å². The Kier molecular flexibility index (Phi) is 3.87. The topological polar surface area (TPSA) is 23.8 Å². The van der Waals surface area contributed by atoms with E-state index in [1.165, 1.54) is 32.1 Å². The maximum atomic E-state index is 8.74. The largest absolute Gasteiger partial charge is 0.193 e. The summed E-state index contributed by atoms with van der Waals surface area (Å²) in [6.07, 6.45) is 9.77. The molecule has 0 atom stereocenters. The highest BCUT2D eigenvalue weighted by Crippen LogP contribution is 2.25. The molecule has 1 heteroatoms. The van der Waals surface area contributed by atoms with Crippen LogP contribution in [0.25, 0.3) is 0 Å². The minimum atomic E-state index is 0.702. The summed E-state index contributed by atoms with van der Waals surface area (Å²) in [6, 6.07) is 2.26. The summed E-state index contributed by atoms with van der Waals surface area (Å²) in [5.74, 6) is 0.702. The van der Waals surface area contributed by atoms with Gasteiger partial charge in [-0.25, -0.2) is 0 Å². The van der Waals surface area contributed by atoms with Crippen LogP contribution in [-0.2, 0) is 0 Å². The molecule has 0 aromatic carbocycles. The van der Waals surface area contributed by atoms with E-state index in [2.05, 4.69) is 19.1 Å². The summed E-state index contributed by atoms with van der Waals surface area (Å²) < 4.78 is 0. The third kappa shape index (κ3) is 2.70. The van der Waals surface area contributed by atoms with Crippen molar-refractivity contribution in [3.05, 3.63) is 11.6 Å². The molecule has 1 aliphatic rings. The van der Waals surface area contributed by atoms with Crippen LogP contribution in [0.15, 0.2) is 11.6 Å². The van der Waals surface area contributed by atoms with Gasteiger partial charge >= 0.3 is 0 Å². The first-order valence-electron chi connectivity index (χ1n) is 4.97. The van der Waals surface area contributed by atoms with Crippen molar-refractivity contribution < 1.29 is 0 Å². The van der Waals surface area contributed by atoms with Gasteiger partial charge in [-0.15, -0.1) is 0 Å². The van der Waals surface area contributed by atoms with Gasteiger partial charge in [0.2, 0.25) is 0 Å². The summed E-state index contributed by atoms with van der Waals surface area (Å²) in [7, 11) is 0. The van der Waals surface area contributed by atoms with Crippen LogP contribution in [0, 0.1) is 17.2 Å². The van der Waals surface area contributed by atoms with Crippen LogP contribution < -0.4 is 0 Å². The van der Waals surface area contributed by atoms with Crippen LogP contribution >= 0.6 is 0 Å². The van der Waals surface area contributed by atoms with Crippen LogP contribution in [0.1, 0.15) is 45.4 Å². The van der Waals surface area contributed by atoms with Gasteiger partial charge in [-0.3, -0.25) is 0 Å². The van der Waals surface area contributed by atoms with Crippen molar-refractivity contribution in [2.24, 2.45) is 5.92 Å². The predicted molar refractivity (Wildman–Crippen MR) is 50.6 cm³/mol. The first-order chi connectivity index (χ1) is 5.86. The van der Waals surface area contributed by atoms with Gasteiger partial charge in [0.1, 0.15) is 0 Å². The maximum Gasteiger partial charge on any atom is 0.0943 e. The molecule has 0 spiro atoms. The van der Waals surface area contributed by atoms with Gasteiger partial charge in [0.25, 0.3) is 0 Å². The third-order valence-corrected chi connectivity index (χ3v) is 2.61. The summed E-state index contributed by atoms with van der Waals surface area (Å²) in [4.78, 5) is 0. The SMILES string of the molecule is CC/C(C#N)=C\C1CCCCC1. The lowest BCUT2D eigenvalue weighted by Crippen LogP contribution is -2.03. The Morgan fingerprint density at radius 1 is 1.42 bits per heavy atom. The summed E-state index contributed by atoms with van der Waals surface area (Å²) in [5, 5.41) is 8.74. The summed E-state index contributed by atoms with van der Waals surface area (Å²) in [6.45, 7) is 2.05. The monoisotopic (exact) mass is 163 g/mol. The molecular formula is C11H17N. The number of nitriles is 1. The highest BCUT2D eigenvalue weighted by atomic mass is 14.2. The molecule has 0 saturated heterocycles. The Balaban J connectivity index is 2.46. The molecule has 1 saturated carbocycles. The second-order valence-electron chi connectivity index (χ2n) is 3.56. The molecule has 66 valence electrons. The van der Waals surface area contributed by atoms with Crippen molar-refractivity contribution in [1.29, 1.82) is 5.26 Å². The van der Waals surface area contributed by atoms with Crippen molar-refractivity contribution in [3.8, 4) is 6.07 Å². The van der Waals surface area contributed by atoms with Gasteiger partial charge in [0, 0.05) is 5.57 Å². The van der Waals surface area contributed by atoms with Gasteiger partial charge < -0.3 is 0 Å². The standard InChI is InChI=1S/C11H17N/c1-2-10(9-12)8-11-6-4-3-5-7-11/h8,11H,2-7H2,1H3/b10-8+. The Morgan fingerprint density at radius 3 is 2.58 bits per heavy atom. The highest BCUT2D eigenvalue weighted by Gasteiger charge is 2.10. The Hall–Kier alpha value is -0.770. The van der Waals surface area contributed by atoms with Crippen molar-refractivity contribution in [3.63, 3.8) is 0 Å². The second kappa shape index (κ2) is 4.98. The molecule has 0 unspecified atom stereocenters. The zero-order chi connectivity index (χ0) is 8.81. The molecule has 1 rings (SSSR count). The van der Waals surface area contributed by atoms with Crippen LogP contribution in [0.2, 0.25) is 0 Å². The van der Waals surface area contributed by atoms with E-state index < -0.39 is 0 Å². The van der Waals surface area contributed by atoms with E-state index in [-0.39, 0.29) is 0 Å². The van der Waals surface area contributed by atoms with Gasteiger partial charge in [-0.2, -0.15) is 5.26 Å². The fourth-order valence-electron chi connectivity index (χ4n) is 1.82. The molecule has 0 aromatic heterocycles. The van der Waals surface area contributed by atoms with Crippen molar-refractivity contribution in [2.75, 3.05) is 0 Å². The van der Waals surface area contributed by atoms with E-state index in [0.29, 0.717) is 5.92 Å². The smallest absolute Gasteiger partial charge is 0.0943 e. The Morgan fingerprint density at radius 2 is 2.08 bits per heavy atom. The van der Waals surface area contributed by atoms with Gasteiger partial charge in [0.15, 0.2) is 0 Å². The molecule has 0 heterocycles. The summed E-state index contributed by atoms with van der Waals surface area (Å²) >= 11 is 0. The fraction of sp³-hybridized carbons (Fsp3) is 0.727. The normalized spacial score (nSPS) is 20.5. The van der Waals surface area contributed by atoms with Crippen LogP contribution in [0.5, 0.6) is 0 Å². The summed E-state index contributed by atoms with van der Waals surface area (Å²) in [5.41, 5.74) is 0.974. The first kappa shape index (κ1) is 9.32. The number of hydrogen-bond donors (Lipinski definition) is 0. The quantitative estimate of drug-likeness (QED) is 0.572. The Bertz CT molecular complexity index is 192. The van der Waals surface area contributed by atoms with E-state index in [1.54, 1.807) is 0 Å². The molecular weight excluding hydrogens is 146 g/mol. The molecule has 12 heavy (non-hydrogen) atoms. The van der Waals surface area contributed by atoms with Crippen molar-refractivity contribution in [2.45, 2.75) is 45.4 Å². The molecule has 1 aliphatic carbocycles. The minimum Gasteiger partial charge on any atom is -0.193 e.